The smallest absolute Gasteiger partial charge is 0.306 e. The predicted molar refractivity (Wildman–Crippen MR) is 66.6 cm³/mol. The molecule has 0 fully saturated rings. The molecule has 0 spiro atoms. The Balaban J connectivity index is 2.34. The Labute approximate surface area is 105 Å². The van der Waals surface area contributed by atoms with Crippen LogP contribution in [0.1, 0.15) is 18.2 Å². The zero-order valence-electron chi connectivity index (χ0n) is 10.4. The van der Waals surface area contributed by atoms with E-state index >= 15 is 0 Å². The average Bonchev–Trinajstić information content (AvgIpc) is 2.77. The van der Waals surface area contributed by atoms with E-state index in [1.54, 1.807) is 17.8 Å². The number of aliphatic carboxylic acids is 1. The van der Waals surface area contributed by atoms with Crippen molar-refractivity contribution in [2.24, 2.45) is 5.92 Å². The molecular formula is C13H15N3O2. The summed E-state index contributed by atoms with van der Waals surface area (Å²) in [6, 6.07) is 7.81. The van der Waals surface area contributed by atoms with E-state index < -0.39 is 11.9 Å². The fourth-order valence-electron chi connectivity index (χ4n) is 1.80. The van der Waals surface area contributed by atoms with E-state index in [2.05, 4.69) is 10.3 Å². The van der Waals surface area contributed by atoms with E-state index in [4.69, 9.17) is 5.11 Å². The van der Waals surface area contributed by atoms with E-state index in [-0.39, 0.29) is 0 Å². The van der Waals surface area contributed by atoms with Gasteiger partial charge in [-0.25, -0.2) is 4.68 Å². The van der Waals surface area contributed by atoms with Crippen molar-refractivity contribution in [3.63, 3.8) is 0 Å². The second-order valence-corrected chi connectivity index (χ2v) is 4.37. The molecule has 1 atom stereocenters. The molecule has 2 aromatic rings. The molecule has 0 aliphatic heterocycles. The van der Waals surface area contributed by atoms with Crippen LogP contribution < -0.4 is 0 Å². The zero-order chi connectivity index (χ0) is 13.1. The van der Waals surface area contributed by atoms with E-state index in [1.165, 1.54) is 0 Å². The fourth-order valence-corrected chi connectivity index (χ4v) is 1.80. The second kappa shape index (κ2) is 5.00. The zero-order valence-corrected chi connectivity index (χ0v) is 10.4. The van der Waals surface area contributed by atoms with E-state index in [1.807, 2.05) is 31.2 Å². The summed E-state index contributed by atoms with van der Waals surface area (Å²) in [6.07, 6.45) is 2.03. The van der Waals surface area contributed by atoms with Crippen LogP contribution in [0.2, 0.25) is 0 Å². The third-order valence-electron chi connectivity index (χ3n) is 2.90. The Kier molecular flexibility index (Phi) is 3.41. The number of aryl methyl sites for hydroxylation is 1. The van der Waals surface area contributed by atoms with Crippen LogP contribution in [-0.4, -0.2) is 26.1 Å². The van der Waals surface area contributed by atoms with Crippen molar-refractivity contribution in [3.05, 3.63) is 41.7 Å². The molecule has 0 radical (unpaired) electrons. The van der Waals surface area contributed by atoms with Gasteiger partial charge >= 0.3 is 5.97 Å². The van der Waals surface area contributed by atoms with Crippen molar-refractivity contribution in [3.8, 4) is 5.69 Å². The Morgan fingerprint density at radius 2 is 2.17 bits per heavy atom. The minimum absolute atomic E-state index is 0.413. The van der Waals surface area contributed by atoms with Gasteiger partial charge in [0, 0.05) is 6.42 Å². The Morgan fingerprint density at radius 1 is 1.44 bits per heavy atom. The van der Waals surface area contributed by atoms with Crippen LogP contribution in [0.25, 0.3) is 5.69 Å². The number of carboxylic acid groups (broad SMARTS) is 1. The molecule has 1 heterocycles. The van der Waals surface area contributed by atoms with Crippen molar-refractivity contribution in [1.29, 1.82) is 0 Å². The van der Waals surface area contributed by atoms with Gasteiger partial charge in [0.05, 0.1) is 23.5 Å². The first-order valence-corrected chi connectivity index (χ1v) is 5.78. The monoisotopic (exact) mass is 245 g/mol. The van der Waals surface area contributed by atoms with Crippen LogP contribution >= 0.6 is 0 Å². The molecule has 2 rings (SSSR count). The number of rotatable bonds is 4. The van der Waals surface area contributed by atoms with E-state index in [0.717, 1.165) is 16.9 Å². The molecule has 0 saturated heterocycles. The lowest BCUT2D eigenvalue weighted by atomic mass is 10.1. The maximum Gasteiger partial charge on any atom is 0.306 e. The number of benzene rings is 1. The van der Waals surface area contributed by atoms with Gasteiger partial charge < -0.3 is 5.11 Å². The van der Waals surface area contributed by atoms with Crippen LogP contribution in [0.4, 0.5) is 0 Å². The summed E-state index contributed by atoms with van der Waals surface area (Å²) in [5, 5.41) is 16.9. The van der Waals surface area contributed by atoms with Crippen molar-refractivity contribution in [2.45, 2.75) is 20.3 Å². The van der Waals surface area contributed by atoms with Crippen molar-refractivity contribution >= 4 is 5.97 Å². The van der Waals surface area contributed by atoms with Crippen molar-refractivity contribution in [1.82, 2.24) is 15.0 Å². The molecule has 0 amide bonds. The van der Waals surface area contributed by atoms with Crippen LogP contribution in [0.3, 0.4) is 0 Å². The van der Waals surface area contributed by atoms with Crippen molar-refractivity contribution < 1.29 is 9.90 Å². The topological polar surface area (TPSA) is 68.0 Å². The lowest BCUT2D eigenvalue weighted by Crippen LogP contribution is -2.15. The van der Waals surface area contributed by atoms with Gasteiger partial charge in [0.2, 0.25) is 0 Å². The number of hydrogen-bond donors (Lipinski definition) is 1. The van der Waals surface area contributed by atoms with Gasteiger partial charge in [0.25, 0.3) is 0 Å². The molecule has 5 heteroatoms. The van der Waals surface area contributed by atoms with Crippen LogP contribution in [0, 0.1) is 12.8 Å². The number of hydrogen-bond acceptors (Lipinski definition) is 3. The Hall–Kier alpha value is -2.17. The minimum atomic E-state index is -0.812. The standard InChI is InChI=1S/C13H15N3O2/c1-9-5-3-4-6-12(9)16-11(8-14-15-16)7-10(2)13(17)18/h3-6,8,10H,7H2,1-2H3,(H,17,18). The highest BCUT2D eigenvalue weighted by molar-refractivity contribution is 5.69. The Morgan fingerprint density at radius 3 is 2.83 bits per heavy atom. The first-order chi connectivity index (χ1) is 8.59. The van der Waals surface area contributed by atoms with Gasteiger partial charge in [-0.2, -0.15) is 0 Å². The molecule has 0 bridgehead atoms. The molecule has 0 saturated carbocycles. The third kappa shape index (κ3) is 2.40. The van der Waals surface area contributed by atoms with E-state index in [9.17, 15) is 4.79 Å². The first kappa shape index (κ1) is 12.3. The highest BCUT2D eigenvalue weighted by Gasteiger charge is 2.16. The lowest BCUT2D eigenvalue weighted by Gasteiger charge is -2.10. The van der Waals surface area contributed by atoms with Gasteiger partial charge in [0.1, 0.15) is 0 Å². The molecule has 1 N–H and O–H groups in total. The van der Waals surface area contributed by atoms with Crippen LogP contribution in [-0.2, 0) is 11.2 Å². The number of nitrogens with zero attached hydrogens (tertiary/aromatic N) is 3. The number of carboxylic acids is 1. The summed E-state index contributed by atoms with van der Waals surface area (Å²) in [5.74, 6) is -1.26. The summed E-state index contributed by atoms with van der Waals surface area (Å²) < 4.78 is 1.70. The second-order valence-electron chi connectivity index (χ2n) is 4.37. The van der Waals surface area contributed by atoms with E-state index in [0.29, 0.717) is 6.42 Å². The van der Waals surface area contributed by atoms with Gasteiger partial charge in [-0.3, -0.25) is 4.79 Å². The maximum atomic E-state index is 10.9. The first-order valence-electron chi connectivity index (χ1n) is 5.78. The summed E-state index contributed by atoms with van der Waals surface area (Å²) in [4.78, 5) is 10.9. The molecule has 1 unspecified atom stereocenters. The molecule has 94 valence electrons. The van der Waals surface area contributed by atoms with Gasteiger partial charge in [-0.15, -0.1) is 5.10 Å². The molecular weight excluding hydrogens is 230 g/mol. The summed E-state index contributed by atoms with van der Waals surface area (Å²) >= 11 is 0. The largest absolute Gasteiger partial charge is 0.481 e. The lowest BCUT2D eigenvalue weighted by molar-refractivity contribution is -0.141. The van der Waals surface area contributed by atoms with Gasteiger partial charge in [-0.1, -0.05) is 30.3 Å². The summed E-state index contributed by atoms with van der Waals surface area (Å²) in [6.45, 7) is 3.67. The summed E-state index contributed by atoms with van der Waals surface area (Å²) in [5.41, 5.74) is 2.81. The quantitative estimate of drug-likeness (QED) is 0.892. The Bertz CT molecular complexity index is 563. The van der Waals surface area contributed by atoms with Gasteiger partial charge in [0.15, 0.2) is 0 Å². The van der Waals surface area contributed by atoms with Crippen LogP contribution in [0.5, 0.6) is 0 Å². The molecule has 1 aromatic carbocycles. The van der Waals surface area contributed by atoms with Gasteiger partial charge in [-0.05, 0) is 18.6 Å². The highest BCUT2D eigenvalue weighted by Crippen LogP contribution is 2.16. The normalized spacial score (nSPS) is 12.3. The average molecular weight is 245 g/mol. The molecule has 0 aliphatic rings. The molecule has 0 aliphatic carbocycles. The predicted octanol–water partition coefficient (Wildman–Crippen LogP) is 1.84. The molecule has 18 heavy (non-hydrogen) atoms. The SMILES string of the molecule is Cc1ccccc1-n1nncc1CC(C)C(=O)O. The fraction of sp³-hybridized carbons (Fsp3) is 0.308. The van der Waals surface area contributed by atoms with Crippen LogP contribution in [0.15, 0.2) is 30.5 Å². The van der Waals surface area contributed by atoms with Crippen molar-refractivity contribution in [2.75, 3.05) is 0 Å². The minimum Gasteiger partial charge on any atom is -0.481 e. The molecule has 5 nitrogen and oxygen atoms in total. The molecule has 1 aromatic heterocycles. The summed E-state index contributed by atoms with van der Waals surface area (Å²) in [7, 11) is 0. The number of carbonyl (C=O) groups is 1. The highest BCUT2D eigenvalue weighted by atomic mass is 16.4. The third-order valence-corrected chi connectivity index (χ3v) is 2.90. The number of para-hydroxylation sites is 1. The number of aromatic nitrogens is 3. The maximum absolute atomic E-state index is 10.9.